The van der Waals surface area contributed by atoms with Gasteiger partial charge in [0, 0.05) is 0 Å². The van der Waals surface area contributed by atoms with Crippen molar-refractivity contribution in [1.82, 2.24) is 0 Å². The van der Waals surface area contributed by atoms with Crippen LogP contribution >= 0.6 is 0 Å². The highest BCUT2D eigenvalue weighted by Gasteiger charge is 2.23. The van der Waals surface area contributed by atoms with Gasteiger partial charge in [-0.15, -0.1) is 0 Å². The van der Waals surface area contributed by atoms with Gasteiger partial charge in [-0.2, -0.15) is 0 Å². The summed E-state index contributed by atoms with van der Waals surface area (Å²) in [6.07, 6.45) is 11.1. The van der Waals surface area contributed by atoms with Gasteiger partial charge in [0.15, 0.2) is 0 Å². The van der Waals surface area contributed by atoms with Gasteiger partial charge < -0.3 is 5.11 Å². The number of hydrogen-bond acceptors (Lipinski definition) is 1. The van der Waals surface area contributed by atoms with E-state index in [2.05, 4.69) is 31.2 Å². The third-order valence-electron chi connectivity index (χ3n) is 4.18. The van der Waals surface area contributed by atoms with Crippen molar-refractivity contribution in [1.29, 1.82) is 0 Å². The largest absolute Gasteiger partial charge is 0.388 e. The average molecular weight is 260 g/mol. The van der Waals surface area contributed by atoms with E-state index in [-0.39, 0.29) is 6.10 Å². The second-order valence-corrected chi connectivity index (χ2v) is 6.02. The van der Waals surface area contributed by atoms with E-state index in [4.69, 9.17) is 0 Å². The van der Waals surface area contributed by atoms with Crippen molar-refractivity contribution in [2.24, 2.45) is 0 Å². The fraction of sp³-hybridized carbons (Fsp3) is 0.667. The van der Waals surface area contributed by atoms with Crippen LogP contribution in [0.5, 0.6) is 0 Å². The van der Waals surface area contributed by atoms with E-state index in [1.807, 2.05) is 0 Å². The Morgan fingerprint density at radius 3 is 2.58 bits per heavy atom. The van der Waals surface area contributed by atoms with Crippen LogP contribution in [0.2, 0.25) is 0 Å². The second kappa shape index (κ2) is 7.69. The Labute approximate surface area is 118 Å². The minimum absolute atomic E-state index is 0.259. The predicted molar refractivity (Wildman–Crippen MR) is 81.4 cm³/mol. The van der Waals surface area contributed by atoms with Crippen molar-refractivity contribution >= 4 is 0 Å². The molecule has 1 saturated carbocycles. The zero-order valence-electron chi connectivity index (χ0n) is 12.3. The van der Waals surface area contributed by atoms with Gasteiger partial charge in [0.2, 0.25) is 0 Å². The summed E-state index contributed by atoms with van der Waals surface area (Å²) in [4.78, 5) is 0. The first kappa shape index (κ1) is 14.6. The maximum Gasteiger partial charge on any atom is 0.0790 e. The van der Waals surface area contributed by atoms with E-state index >= 15 is 0 Å². The Kier molecular flexibility index (Phi) is 5.91. The van der Waals surface area contributed by atoms with E-state index < -0.39 is 0 Å². The lowest BCUT2D eigenvalue weighted by molar-refractivity contribution is 0.163. The summed E-state index contributed by atoms with van der Waals surface area (Å²) in [6.45, 7) is 2.25. The van der Waals surface area contributed by atoms with Gasteiger partial charge in [-0.25, -0.2) is 0 Å². The highest BCUT2D eigenvalue weighted by atomic mass is 16.3. The van der Waals surface area contributed by atoms with Crippen molar-refractivity contribution in [2.75, 3.05) is 0 Å². The van der Waals surface area contributed by atoms with Gasteiger partial charge in [0.25, 0.3) is 0 Å². The number of unbranched alkanes of at least 4 members (excludes halogenated alkanes) is 5. The molecule has 0 aromatic heterocycles. The van der Waals surface area contributed by atoms with E-state index in [0.29, 0.717) is 0 Å². The Morgan fingerprint density at radius 1 is 1.11 bits per heavy atom. The maximum absolute atomic E-state index is 10.2. The molecule has 0 spiro atoms. The van der Waals surface area contributed by atoms with Crippen molar-refractivity contribution in [3.8, 4) is 0 Å². The normalized spacial score (nSPS) is 16.5. The van der Waals surface area contributed by atoms with Crippen LogP contribution in [-0.4, -0.2) is 5.11 Å². The first-order chi connectivity index (χ1) is 9.31. The molecule has 0 saturated heterocycles. The summed E-state index contributed by atoms with van der Waals surface area (Å²) in [5.41, 5.74) is 2.55. The molecular formula is C18H28O. The molecule has 1 aromatic rings. The lowest BCUT2D eigenvalue weighted by atomic mass is 9.99. The summed E-state index contributed by atoms with van der Waals surface area (Å²) in [7, 11) is 0. The number of aliphatic hydroxyl groups excluding tert-OH is 1. The van der Waals surface area contributed by atoms with Crippen LogP contribution in [0.1, 0.15) is 87.9 Å². The predicted octanol–water partition coefficient (Wildman–Crippen LogP) is 5.35. The van der Waals surface area contributed by atoms with Crippen LogP contribution in [0.4, 0.5) is 0 Å². The Morgan fingerprint density at radius 2 is 1.84 bits per heavy atom. The average Bonchev–Trinajstić information content (AvgIpc) is 3.27. The van der Waals surface area contributed by atoms with E-state index in [1.54, 1.807) is 0 Å². The standard InChI is InChI=1S/C18H28O/c1-2-3-4-5-6-7-11-18(19)17-10-8-9-16(14-17)15-12-13-15/h8-10,14-15,18-19H,2-7,11-13H2,1H3. The van der Waals surface area contributed by atoms with Crippen molar-refractivity contribution in [3.05, 3.63) is 35.4 Å². The number of benzene rings is 1. The zero-order chi connectivity index (χ0) is 13.5. The topological polar surface area (TPSA) is 20.2 Å². The molecule has 1 aliphatic rings. The first-order valence-corrected chi connectivity index (χ1v) is 8.09. The van der Waals surface area contributed by atoms with Gasteiger partial charge in [-0.1, -0.05) is 69.7 Å². The molecule has 0 amide bonds. The third-order valence-corrected chi connectivity index (χ3v) is 4.18. The maximum atomic E-state index is 10.2. The molecular weight excluding hydrogens is 232 g/mol. The number of hydrogen-bond donors (Lipinski definition) is 1. The molecule has 0 bridgehead atoms. The van der Waals surface area contributed by atoms with E-state index in [1.165, 1.54) is 50.5 Å². The molecule has 0 radical (unpaired) electrons. The van der Waals surface area contributed by atoms with Gasteiger partial charge in [-0.3, -0.25) is 0 Å². The number of rotatable bonds is 9. The highest BCUT2D eigenvalue weighted by molar-refractivity contribution is 5.30. The van der Waals surface area contributed by atoms with Gasteiger partial charge in [0.05, 0.1) is 6.10 Å². The lowest BCUT2D eigenvalue weighted by Gasteiger charge is -2.12. The molecule has 0 heterocycles. The summed E-state index contributed by atoms with van der Waals surface area (Å²) in [5.74, 6) is 0.779. The Balaban J connectivity index is 1.70. The molecule has 1 atom stereocenters. The van der Waals surface area contributed by atoms with Gasteiger partial charge in [-0.05, 0) is 36.3 Å². The summed E-state index contributed by atoms with van der Waals surface area (Å²) in [5, 5.41) is 10.2. The Bertz CT molecular complexity index is 368. The first-order valence-electron chi connectivity index (χ1n) is 8.09. The van der Waals surface area contributed by atoms with Gasteiger partial charge in [0.1, 0.15) is 0 Å². The molecule has 1 unspecified atom stereocenters. The zero-order valence-corrected chi connectivity index (χ0v) is 12.3. The van der Waals surface area contributed by atoms with Crippen molar-refractivity contribution in [2.45, 2.75) is 76.7 Å². The fourth-order valence-electron chi connectivity index (χ4n) is 2.72. The van der Waals surface area contributed by atoms with Crippen LogP contribution in [0.3, 0.4) is 0 Å². The highest BCUT2D eigenvalue weighted by Crippen LogP contribution is 2.40. The number of aliphatic hydroxyl groups is 1. The molecule has 1 N–H and O–H groups in total. The molecule has 1 aromatic carbocycles. The molecule has 19 heavy (non-hydrogen) atoms. The summed E-state index contributed by atoms with van der Waals surface area (Å²) in [6, 6.07) is 8.61. The van der Waals surface area contributed by atoms with Gasteiger partial charge >= 0.3 is 0 Å². The fourth-order valence-corrected chi connectivity index (χ4v) is 2.72. The molecule has 1 heteroatoms. The van der Waals surface area contributed by atoms with Crippen molar-refractivity contribution < 1.29 is 5.11 Å². The minimum atomic E-state index is -0.259. The molecule has 1 fully saturated rings. The van der Waals surface area contributed by atoms with E-state index in [9.17, 15) is 5.11 Å². The van der Waals surface area contributed by atoms with Crippen LogP contribution in [0.15, 0.2) is 24.3 Å². The smallest absolute Gasteiger partial charge is 0.0790 e. The van der Waals surface area contributed by atoms with E-state index in [0.717, 1.165) is 24.3 Å². The lowest BCUT2D eigenvalue weighted by Crippen LogP contribution is -1.98. The summed E-state index contributed by atoms with van der Waals surface area (Å²) < 4.78 is 0. The minimum Gasteiger partial charge on any atom is -0.388 e. The van der Waals surface area contributed by atoms with Crippen LogP contribution < -0.4 is 0 Å². The SMILES string of the molecule is CCCCCCCCC(O)c1cccc(C2CC2)c1. The van der Waals surface area contributed by atoms with Crippen LogP contribution in [0.25, 0.3) is 0 Å². The third kappa shape index (κ3) is 4.99. The molecule has 2 rings (SSSR count). The monoisotopic (exact) mass is 260 g/mol. The summed E-state index contributed by atoms with van der Waals surface area (Å²) >= 11 is 0. The molecule has 1 aliphatic carbocycles. The molecule has 0 aliphatic heterocycles. The van der Waals surface area contributed by atoms with Crippen LogP contribution in [0, 0.1) is 0 Å². The van der Waals surface area contributed by atoms with Crippen molar-refractivity contribution in [3.63, 3.8) is 0 Å². The molecule has 1 nitrogen and oxygen atoms in total. The second-order valence-electron chi connectivity index (χ2n) is 6.02. The molecule has 106 valence electrons. The Hall–Kier alpha value is -0.820. The quantitative estimate of drug-likeness (QED) is 0.593. The van der Waals surface area contributed by atoms with Crippen LogP contribution in [-0.2, 0) is 0 Å².